The van der Waals surface area contributed by atoms with Gasteiger partial charge < -0.3 is 25.3 Å². The summed E-state index contributed by atoms with van der Waals surface area (Å²) in [6.07, 6.45) is 4.77. The van der Waals surface area contributed by atoms with Gasteiger partial charge >= 0.3 is 0 Å². The highest BCUT2D eigenvalue weighted by Crippen LogP contribution is 2.33. The molecule has 1 aliphatic rings. The summed E-state index contributed by atoms with van der Waals surface area (Å²) in [5, 5.41) is 3.04. The number of carbonyl (C=O) groups is 2. The Morgan fingerprint density at radius 3 is 2.50 bits per heavy atom. The van der Waals surface area contributed by atoms with Gasteiger partial charge in [0.1, 0.15) is 12.4 Å². The molecule has 2 amide bonds. The summed E-state index contributed by atoms with van der Waals surface area (Å²) < 4.78 is 17.5. The molecule has 1 saturated carbocycles. The molecule has 7 heteroatoms. The van der Waals surface area contributed by atoms with E-state index in [1.165, 1.54) is 12.8 Å². The highest BCUT2D eigenvalue weighted by Gasteiger charge is 2.20. The lowest BCUT2D eigenvalue weighted by Crippen LogP contribution is -2.26. The molecule has 1 unspecified atom stereocenters. The largest absolute Gasteiger partial charge is 0.493 e. The van der Waals surface area contributed by atoms with Gasteiger partial charge in [-0.3, -0.25) is 9.59 Å². The van der Waals surface area contributed by atoms with Crippen LogP contribution in [0, 0.1) is 0 Å². The molecule has 0 aromatic heterocycles. The van der Waals surface area contributed by atoms with Crippen LogP contribution < -0.4 is 25.3 Å². The number of hydrogen-bond donors (Lipinski definition) is 2. The molecule has 1 fully saturated rings. The van der Waals surface area contributed by atoms with Gasteiger partial charge in [0.25, 0.3) is 11.8 Å². The Morgan fingerprint density at radius 1 is 0.972 bits per heavy atom. The number of nitrogens with two attached hydrogens (primary N) is 1. The topological polar surface area (TPSA) is 99.9 Å². The fourth-order valence-corrected chi connectivity index (χ4v) is 4.36. The minimum atomic E-state index is -0.553. The number of rotatable bonds is 10. The SMILES string of the molecule is COc1cc(C(C)NC(=O)c2cccc(COc3ccccc3C(N)=O)c2)ccc1OC1CCCC1. The van der Waals surface area contributed by atoms with Crippen LogP contribution in [-0.4, -0.2) is 25.0 Å². The van der Waals surface area contributed by atoms with Crippen LogP contribution in [-0.2, 0) is 6.61 Å². The van der Waals surface area contributed by atoms with Gasteiger partial charge in [-0.1, -0.05) is 30.3 Å². The molecule has 0 saturated heterocycles. The van der Waals surface area contributed by atoms with E-state index in [4.69, 9.17) is 19.9 Å². The number of amides is 2. The minimum absolute atomic E-state index is 0.195. The van der Waals surface area contributed by atoms with Gasteiger partial charge in [0.2, 0.25) is 0 Å². The van der Waals surface area contributed by atoms with E-state index in [2.05, 4.69) is 5.32 Å². The van der Waals surface area contributed by atoms with Crippen LogP contribution in [0.4, 0.5) is 0 Å². The average Bonchev–Trinajstić information content (AvgIpc) is 3.41. The smallest absolute Gasteiger partial charge is 0.252 e. The van der Waals surface area contributed by atoms with E-state index >= 15 is 0 Å². The predicted octanol–water partition coefficient (Wildman–Crippen LogP) is 5.19. The summed E-state index contributed by atoms with van der Waals surface area (Å²) in [6, 6.07) is 19.5. The first-order valence-electron chi connectivity index (χ1n) is 12.2. The maximum Gasteiger partial charge on any atom is 0.252 e. The van der Waals surface area contributed by atoms with Crippen molar-refractivity contribution < 1.29 is 23.8 Å². The minimum Gasteiger partial charge on any atom is -0.493 e. The molecule has 0 heterocycles. The van der Waals surface area contributed by atoms with E-state index in [9.17, 15) is 9.59 Å². The zero-order valence-electron chi connectivity index (χ0n) is 20.7. The van der Waals surface area contributed by atoms with Crippen molar-refractivity contribution in [1.29, 1.82) is 0 Å². The summed E-state index contributed by atoms with van der Waals surface area (Å²) in [6.45, 7) is 2.12. The van der Waals surface area contributed by atoms with E-state index in [1.54, 1.807) is 49.6 Å². The Balaban J connectivity index is 1.40. The number of benzene rings is 3. The molecule has 0 bridgehead atoms. The highest BCUT2D eigenvalue weighted by atomic mass is 16.5. The fourth-order valence-electron chi connectivity index (χ4n) is 4.36. The monoisotopic (exact) mass is 488 g/mol. The van der Waals surface area contributed by atoms with Crippen LogP contribution in [0.1, 0.15) is 70.5 Å². The van der Waals surface area contributed by atoms with Crippen molar-refractivity contribution in [3.05, 3.63) is 89.0 Å². The lowest BCUT2D eigenvalue weighted by Gasteiger charge is -2.19. The van der Waals surface area contributed by atoms with Gasteiger partial charge in [0, 0.05) is 5.56 Å². The Labute approximate surface area is 211 Å². The maximum atomic E-state index is 13.0. The van der Waals surface area contributed by atoms with E-state index in [-0.39, 0.29) is 24.7 Å². The molecule has 0 aliphatic heterocycles. The normalized spacial score (nSPS) is 14.2. The molecular formula is C29H32N2O5. The van der Waals surface area contributed by atoms with Gasteiger partial charge in [-0.15, -0.1) is 0 Å². The van der Waals surface area contributed by atoms with E-state index in [1.807, 2.05) is 31.2 Å². The predicted molar refractivity (Wildman–Crippen MR) is 137 cm³/mol. The summed E-state index contributed by atoms with van der Waals surface area (Å²) >= 11 is 0. The van der Waals surface area contributed by atoms with Crippen LogP contribution in [0.5, 0.6) is 17.2 Å². The zero-order chi connectivity index (χ0) is 25.5. The molecule has 3 N–H and O–H groups in total. The first-order valence-corrected chi connectivity index (χ1v) is 12.2. The molecule has 36 heavy (non-hydrogen) atoms. The van der Waals surface area contributed by atoms with Crippen molar-refractivity contribution in [3.63, 3.8) is 0 Å². The van der Waals surface area contributed by atoms with Gasteiger partial charge in [-0.05, 0) is 80.1 Å². The third kappa shape index (κ3) is 6.16. The van der Waals surface area contributed by atoms with Crippen molar-refractivity contribution in [2.75, 3.05) is 7.11 Å². The van der Waals surface area contributed by atoms with Crippen LogP contribution in [0.25, 0.3) is 0 Å². The second kappa shape index (κ2) is 11.6. The molecule has 1 atom stereocenters. The summed E-state index contributed by atoms with van der Waals surface area (Å²) in [5.74, 6) is 1.05. The van der Waals surface area contributed by atoms with E-state index < -0.39 is 5.91 Å². The molecule has 188 valence electrons. The number of methoxy groups -OCH3 is 1. The van der Waals surface area contributed by atoms with Crippen molar-refractivity contribution in [2.45, 2.75) is 51.4 Å². The molecule has 7 nitrogen and oxygen atoms in total. The Morgan fingerprint density at radius 2 is 1.75 bits per heavy atom. The number of carbonyl (C=O) groups excluding carboxylic acids is 2. The Kier molecular flexibility index (Phi) is 8.10. The van der Waals surface area contributed by atoms with E-state index in [0.29, 0.717) is 22.6 Å². The number of hydrogen-bond acceptors (Lipinski definition) is 5. The van der Waals surface area contributed by atoms with Crippen molar-refractivity contribution in [2.24, 2.45) is 5.73 Å². The van der Waals surface area contributed by atoms with Gasteiger partial charge in [0.05, 0.1) is 24.8 Å². The van der Waals surface area contributed by atoms with Crippen LogP contribution in [0.15, 0.2) is 66.7 Å². The zero-order valence-corrected chi connectivity index (χ0v) is 20.7. The van der Waals surface area contributed by atoms with Gasteiger partial charge in [-0.25, -0.2) is 0 Å². The number of para-hydroxylation sites is 1. The molecular weight excluding hydrogens is 456 g/mol. The third-order valence-electron chi connectivity index (χ3n) is 6.37. The molecule has 1 aliphatic carbocycles. The maximum absolute atomic E-state index is 13.0. The molecule has 4 rings (SSSR count). The van der Waals surface area contributed by atoms with Gasteiger partial charge in [-0.2, -0.15) is 0 Å². The second-order valence-electron chi connectivity index (χ2n) is 8.98. The summed E-state index contributed by atoms with van der Waals surface area (Å²) in [7, 11) is 1.62. The average molecular weight is 489 g/mol. The molecule has 0 radical (unpaired) electrons. The quantitative estimate of drug-likeness (QED) is 0.409. The Hall–Kier alpha value is -4.00. The lowest BCUT2D eigenvalue weighted by molar-refractivity contribution is 0.0938. The van der Waals surface area contributed by atoms with Crippen LogP contribution >= 0.6 is 0 Å². The summed E-state index contributed by atoms with van der Waals surface area (Å²) in [4.78, 5) is 24.6. The van der Waals surface area contributed by atoms with Gasteiger partial charge in [0.15, 0.2) is 11.5 Å². The first kappa shape index (κ1) is 25.1. The summed E-state index contributed by atoms with van der Waals surface area (Å²) in [5.41, 5.74) is 7.96. The number of primary amides is 1. The van der Waals surface area contributed by atoms with Crippen molar-refractivity contribution in [1.82, 2.24) is 5.32 Å². The highest BCUT2D eigenvalue weighted by molar-refractivity contribution is 5.95. The lowest BCUT2D eigenvalue weighted by atomic mass is 10.1. The van der Waals surface area contributed by atoms with E-state index in [0.717, 1.165) is 29.7 Å². The fraction of sp³-hybridized carbons (Fsp3) is 0.310. The van der Waals surface area contributed by atoms with Crippen molar-refractivity contribution >= 4 is 11.8 Å². The standard InChI is InChI=1S/C29H32N2O5/c1-19(21-14-15-26(27(17-21)34-2)36-23-10-3-4-11-23)31-29(33)22-9-7-8-20(16-22)18-35-25-13-6-5-12-24(25)28(30)32/h5-9,12-17,19,23H,3-4,10-11,18H2,1-2H3,(H2,30,32)(H,31,33). The first-order chi connectivity index (χ1) is 17.4. The van der Waals surface area contributed by atoms with Crippen LogP contribution in [0.2, 0.25) is 0 Å². The Bertz CT molecular complexity index is 1220. The molecule has 3 aromatic carbocycles. The molecule has 0 spiro atoms. The molecule has 3 aromatic rings. The second-order valence-corrected chi connectivity index (χ2v) is 8.98. The number of ether oxygens (including phenoxy) is 3. The third-order valence-corrected chi connectivity index (χ3v) is 6.37. The van der Waals surface area contributed by atoms with Crippen molar-refractivity contribution in [3.8, 4) is 17.2 Å². The number of nitrogens with one attached hydrogen (secondary N) is 1. The van der Waals surface area contributed by atoms with Crippen LogP contribution in [0.3, 0.4) is 0 Å².